The Balaban J connectivity index is 0.000000147. The van der Waals surface area contributed by atoms with Gasteiger partial charge in [-0.25, -0.2) is 0 Å². The Bertz CT molecular complexity index is 1490. The summed E-state index contributed by atoms with van der Waals surface area (Å²) in [6, 6.07) is 43.1. The Hall–Kier alpha value is -3.29. The zero-order valence-electron chi connectivity index (χ0n) is 21.4. The number of rotatable bonds is 2. The van der Waals surface area contributed by atoms with E-state index < -0.39 is 22.5 Å². The van der Waals surface area contributed by atoms with Crippen LogP contribution in [0.4, 0.5) is 5.25 Å². The van der Waals surface area contributed by atoms with Gasteiger partial charge in [0.05, 0.1) is 0 Å². The van der Waals surface area contributed by atoms with Crippen molar-refractivity contribution in [2.24, 2.45) is 0 Å². The third-order valence-corrected chi connectivity index (χ3v) is 7.25. The summed E-state index contributed by atoms with van der Waals surface area (Å²) >= 11 is -3.70. The van der Waals surface area contributed by atoms with Gasteiger partial charge in [0.2, 0.25) is 0 Å². The maximum Gasteiger partial charge on any atom is -0.0279 e. The molecular weight excluding hydrogens is 538 g/mol. The molecule has 0 nitrogen and oxygen atoms in total. The number of hydrogen-bond donors (Lipinski definition) is 0. The summed E-state index contributed by atoms with van der Waals surface area (Å²) in [7, 11) is 0. The van der Waals surface area contributed by atoms with Crippen molar-refractivity contribution in [1.82, 2.24) is 0 Å². The summed E-state index contributed by atoms with van der Waals surface area (Å²) in [5, 5.41) is 5.37. The van der Waals surface area contributed by atoms with E-state index in [0.29, 0.717) is 0 Å². The fraction of sp³-hybridized carbons (Fsp3) is 0.0882. The topological polar surface area (TPSA) is 0 Å². The molecule has 6 aromatic carbocycles. The fourth-order valence-electron chi connectivity index (χ4n) is 4.51. The second-order valence-electron chi connectivity index (χ2n) is 8.99. The van der Waals surface area contributed by atoms with E-state index in [1.165, 1.54) is 61.8 Å². The van der Waals surface area contributed by atoms with Gasteiger partial charge in [-0.3, -0.25) is 0 Å². The van der Waals surface area contributed by atoms with Gasteiger partial charge in [0.15, 0.2) is 0 Å². The van der Waals surface area contributed by atoms with Crippen LogP contribution in [0, 0.1) is 13.8 Å². The molecule has 0 amide bonds. The molecule has 3 heteroatoms. The van der Waals surface area contributed by atoms with Crippen molar-refractivity contribution in [2.75, 3.05) is 0 Å². The second-order valence-corrected chi connectivity index (χ2v) is 11.8. The standard InChI is InChI=1S/2C16H13.C2H4.2FH.Zr/c2*1-12-10-14-8-5-9-15(16(14)11-12)13-6-3-2-4-7-13;1-2;;;/h2*2-11H,1H3;1H,2H3;2*1H;/q2*-1;;;;+2/p-2. The van der Waals surface area contributed by atoms with Crippen molar-refractivity contribution in [3.8, 4) is 22.3 Å². The number of halogens is 2. The molecule has 0 aliphatic heterocycles. The SMILES string of the molecule is C[CH]=[Zr]([F])[F].Cc1cc2c(-c3ccccc3)cccc2[cH-]1.Cc1cc2c(-c3ccccc3)cccc2[cH-]1. The molecule has 0 aliphatic rings. The Kier molecular flexibility index (Phi) is 9.25. The normalized spacial score (nSPS) is 10.3. The largest absolute Gasteiger partial charge is 0.165 e. The van der Waals surface area contributed by atoms with Crippen molar-refractivity contribution >= 4 is 25.3 Å². The summed E-state index contributed by atoms with van der Waals surface area (Å²) < 4.78 is 22.8. The number of aryl methyl sites for hydroxylation is 2. The molecule has 0 aromatic heterocycles. The molecule has 0 radical (unpaired) electrons. The van der Waals surface area contributed by atoms with Crippen molar-refractivity contribution in [1.29, 1.82) is 0 Å². The number of hydrogen-bond acceptors (Lipinski definition) is 0. The van der Waals surface area contributed by atoms with Crippen LogP contribution < -0.4 is 0 Å². The molecule has 0 spiro atoms. The van der Waals surface area contributed by atoms with Crippen molar-refractivity contribution in [2.45, 2.75) is 20.8 Å². The third kappa shape index (κ3) is 6.93. The zero-order valence-corrected chi connectivity index (χ0v) is 23.8. The van der Waals surface area contributed by atoms with E-state index in [0.717, 1.165) is 3.71 Å². The molecule has 0 N–H and O–H groups in total. The maximum atomic E-state index is 10.9. The Labute approximate surface area is 227 Å². The Morgan fingerprint density at radius 3 is 1.30 bits per heavy atom. The van der Waals surface area contributed by atoms with E-state index in [2.05, 4.69) is 135 Å². The molecule has 0 saturated carbocycles. The minimum atomic E-state index is -3.70. The predicted molar refractivity (Wildman–Crippen MR) is 153 cm³/mol. The van der Waals surface area contributed by atoms with Gasteiger partial charge in [-0.2, -0.15) is 12.1 Å². The van der Waals surface area contributed by atoms with Gasteiger partial charge in [0.25, 0.3) is 0 Å². The first-order chi connectivity index (χ1) is 18.0. The summed E-state index contributed by atoms with van der Waals surface area (Å²) in [6.07, 6.45) is 0. The summed E-state index contributed by atoms with van der Waals surface area (Å²) in [5.41, 5.74) is 7.89. The average Bonchev–Trinajstić information content (AvgIpc) is 3.50. The molecule has 186 valence electrons. The molecule has 0 fully saturated rings. The average molecular weight is 568 g/mol. The molecule has 0 aliphatic carbocycles. The molecule has 0 saturated heterocycles. The predicted octanol–water partition coefficient (Wildman–Crippen LogP) is 10.3. The van der Waals surface area contributed by atoms with E-state index >= 15 is 0 Å². The van der Waals surface area contributed by atoms with E-state index in [1.807, 2.05) is 0 Å². The molecule has 0 atom stereocenters. The summed E-state index contributed by atoms with van der Waals surface area (Å²) in [5.74, 6) is 0. The number of fused-ring (bicyclic) bond motifs is 2. The minimum absolute atomic E-state index is 1.03. The fourth-order valence-corrected chi connectivity index (χ4v) is 4.51. The van der Waals surface area contributed by atoms with Crippen molar-refractivity contribution < 1.29 is 27.7 Å². The van der Waals surface area contributed by atoms with Crippen LogP contribution in [-0.4, -0.2) is 3.71 Å². The van der Waals surface area contributed by atoms with Crippen LogP contribution in [0.3, 0.4) is 0 Å². The van der Waals surface area contributed by atoms with Gasteiger partial charge in [-0.1, -0.05) is 97.8 Å². The van der Waals surface area contributed by atoms with Crippen LogP contribution >= 0.6 is 0 Å². The molecule has 37 heavy (non-hydrogen) atoms. The van der Waals surface area contributed by atoms with Gasteiger partial charge in [0.1, 0.15) is 0 Å². The first kappa shape index (κ1) is 26.8. The van der Waals surface area contributed by atoms with Crippen LogP contribution in [0.1, 0.15) is 18.1 Å². The molecule has 6 rings (SSSR count). The molecule has 0 heterocycles. The van der Waals surface area contributed by atoms with Gasteiger partial charge in [0, 0.05) is 0 Å². The van der Waals surface area contributed by atoms with Crippen molar-refractivity contribution in [3.63, 3.8) is 0 Å². The number of benzene rings is 4. The Morgan fingerprint density at radius 2 is 0.946 bits per heavy atom. The first-order valence-corrected chi connectivity index (χ1v) is 15.6. The minimum Gasteiger partial charge on any atom is -0.165 e. The molecule has 0 unspecified atom stereocenters. The smallest absolute Gasteiger partial charge is 0.0279 e. The Morgan fingerprint density at radius 1 is 0.568 bits per heavy atom. The van der Waals surface area contributed by atoms with Crippen LogP contribution in [0.15, 0.2) is 121 Å². The monoisotopic (exact) mass is 566 g/mol. The summed E-state index contributed by atoms with van der Waals surface area (Å²) in [4.78, 5) is 0. The van der Waals surface area contributed by atoms with Crippen molar-refractivity contribution in [3.05, 3.63) is 132 Å². The maximum absolute atomic E-state index is 10.9. The summed E-state index contributed by atoms with van der Waals surface area (Å²) in [6.45, 7) is 5.71. The molecular formula is C34H30F2Zr-2. The van der Waals surface area contributed by atoms with E-state index in [1.54, 1.807) is 0 Å². The van der Waals surface area contributed by atoms with E-state index in [9.17, 15) is 5.25 Å². The van der Waals surface area contributed by atoms with Gasteiger partial charge >= 0.3 is 38.4 Å². The van der Waals surface area contributed by atoms with Crippen LogP contribution in [0.25, 0.3) is 43.8 Å². The van der Waals surface area contributed by atoms with Gasteiger partial charge < -0.3 is 0 Å². The first-order valence-electron chi connectivity index (χ1n) is 12.4. The zero-order chi connectivity index (χ0) is 26.2. The second kappa shape index (κ2) is 12.8. The van der Waals surface area contributed by atoms with Gasteiger partial charge in [-0.05, 0) is 11.1 Å². The third-order valence-electron chi connectivity index (χ3n) is 6.18. The van der Waals surface area contributed by atoms with Crippen LogP contribution in [-0.2, 0) is 22.5 Å². The van der Waals surface area contributed by atoms with Crippen LogP contribution in [0.2, 0.25) is 0 Å². The molecule has 0 bridgehead atoms. The van der Waals surface area contributed by atoms with E-state index in [-0.39, 0.29) is 0 Å². The molecule has 6 aromatic rings. The van der Waals surface area contributed by atoms with E-state index in [4.69, 9.17) is 0 Å². The van der Waals surface area contributed by atoms with Crippen LogP contribution in [0.5, 0.6) is 0 Å². The quantitative estimate of drug-likeness (QED) is 0.183. The van der Waals surface area contributed by atoms with Gasteiger partial charge in [-0.15, -0.1) is 69.1 Å².